The maximum absolute atomic E-state index is 5.62. The molecular formula is C13H29N5O. The Labute approximate surface area is 117 Å². The third kappa shape index (κ3) is 5.76. The molecule has 1 aliphatic rings. The predicted molar refractivity (Wildman–Crippen MR) is 79.0 cm³/mol. The Morgan fingerprint density at radius 3 is 2.95 bits per heavy atom. The van der Waals surface area contributed by atoms with Gasteiger partial charge in [-0.25, -0.2) is 5.84 Å². The highest BCUT2D eigenvalue weighted by Gasteiger charge is 2.27. The largest absolute Gasteiger partial charge is 0.382 e. The molecule has 6 nitrogen and oxygen atoms in total. The van der Waals surface area contributed by atoms with E-state index < -0.39 is 0 Å². The van der Waals surface area contributed by atoms with Crippen LogP contribution < -0.4 is 11.3 Å². The molecule has 1 saturated heterocycles. The summed E-state index contributed by atoms with van der Waals surface area (Å²) in [4.78, 5) is 9.07. The van der Waals surface area contributed by atoms with Gasteiger partial charge in [-0.2, -0.15) is 0 Å². The summed E-state index contributed by atoms with van der Waals surface area (Å²) in [6.45, 7) is 6.37. The topological polar surface area (TPSA) is 66.1 Å². The zero-order valence-electron chi connectivity index (χ0n) is 12.6. The van der Waals surface area contributed by atoms with Crippen molar-refractivity contribution in [2.75, 3.05) is 46.9 Å². The van der Waals surface area contributed by atoms with Gasteiger partial charge < -0.3 is 14.5 Å². The van der Waals surface area contributed by atoms with Gasteiger partial charge in [-0.3, -0.25) is 10.4 Å². The summed E-state index contributed by atoms with van der Waals surface area (Å²) in [5, 5.41) is 0. The van der Waals surface area contributed by atoms with E-state index in [2.05, 4.69) is 34.3 Å². The molecular weight excluding hydrogens is 242 g/mol. The summed E-state index contributed by atoms with van der Waals surface area (Å²) in [7, 11) is 4.20. The molecule has 0 amide bonds. The summed E-state index contributed by atoms with van der Waals surface area (Å²) in [6.07, 6.45) is 3.35. The number of hydrogen-bond acceptors (Lipinski definition) is 4. The molecule has 0 saturated carbocycles. The van der Waals surface area contributed by atoms with Crippen LogP contribution in [0.4, 0.5) is 0 Å². The van der Waals surface area contributed by atoms with Crippen LogP contribution in [0.3, 0.4) is 0 Å². The quantitative estimate of drug-likeness (QED) is 0.229. The maximum Gasteiger partial charge on any atom is 0.208 e. The zero-order valence-corrected chi connectivity index (χ0v) is 12.6. The van der Waals surface area contributed by atoms with Crippen molar-refractivity contribution in [3.05, 3.63) is 0 Å². The number of nitrogens with zero attached hydrogens (tertiary/aromatic N) is 3. The molecule has 1 rings (SSSR count). The van der Waals surface area contributed by atoms with Crippen LogP contribution in [-0.4, -0.2) is 68.7 Å². The third-order valence-electron chi connectivity index (χ3n) is 3.27. The van der Waals surface area contributed by atoms with E-state index >= 15 is 0 Å². The van der Waals surface area contributed by atoms with Crippen LogP contribution >= 0.6 is 0 Å². The van der Waals surface area contributed by atoms with Gasteiger partial charge in [-0.1, -0.05) is 0 Å². The highest BCUT2D eigenvalue weighted by atomic mass is 16.5. The zero-order chi connectivity index (χ0) is 14.1. The number of ether oxygens (including phenoxy) is 1. The van der Waals surface area contributed by atoms with E-state index in [1.807, 2.05) is 6.92 Å². The van der Waals surface area contributed by atoms with Gasteiger partial charge in [0, 0.05) is 38.9 Å². The average Bonchev–Trinajstić information content (AvgIpc) is 2.81. The average molecular weight is 271 g/mol. The fourth-order valence-electron chi connectivity index (χ4n) is 2.44. The molecule has 1 aliphatic heterocycles. The van der Waals surface area contributed by atoms with Crippen molar-refractivity contribution in [2.45, 2.75) is 32.2 Å². The second-order valence-electron chi connectivity index (χ2n) is 5.15. The van der Waals surface area contributed by atoms with Crippen molar-refractivity contribution < 1.29 is 4.74 Å². The van der Waals surface area contributed by atoms with Gasteiger partial charge >= 0.3 is 0 Å². The monoisotopic (exact) mass is 271 g/mol. The number of rotatable bonds is 7. The van der Waals surface area contributed by atoms with Crippen LogP contribution in [0.2, 0.25) is 0 Å². The number of hydrogen-bond donors (Lipinski definition) is 2. The first-order valence-electron chi connectivity index (χ1n) is 7.19. The number of likely N-dealkylation sites (tertiary alicyclic amines) is 1. The van der Waals surface area contributed by atoms with Crippen molar-refractivity contribution in [1.82, 2.24) is 15.2 Å². The van der Waals surface area contributed by atoms with Crippen LogP contribution in [0.25, 0.3) is 0 Å². The van der Waals surface area contributed by atoms with E-state index in [0.29, 0.717) is 6.04 Å². The SMILES string of the molecule is CCOCCCN=C(NN)N1CCCC1CN(C)C. The lowest BCUT2D eigenvalue weighted by Gasteiger charge is -2.29. The molecule has 112 valence electrons. The fraction of sp³-hybridized carbons (Fsp3) is 0.923. The van der Waals surface area contributed by atoms with Crippen LogP contribution in [-0.2, 0) is 4.74 Å². The van der Waals surface area contributed by atoms with E-state index in [1.165, 1.54) is 12.8 Å². The Hall–Kier alpha value is -0.850. The molecule has 19 heavy (non-hydrogen) atoms. The fourth-order valence-corrected chi connectivity index (χ4v) is 2.44. The normalized spacial score (nSPS) is 20.4. The van der Waals surface area contributed by atoms with Crippen molar-refractivity contribution in [3.63, 3.8) is 0 Å². The number of guanidine groups is 1. The minimum atomic E-state index is 0.511. The third-order valence-corrected chi connectivity index (χ3v) is 3.27. The van der Waals surface area contributed by atoms with Crippen molar-refractivity contribution in [2.24, 2.45) is 10.8 Å². The molecule has 0 aromatic carbocycles. The molecule has 0 radical (unpaired) electrons. The molecule has 6 heteroatoms. The lowest BCUT2D eigenvalue weighted by atomic mass is 10.2. The molecule has 1 atom stereocenters. The van der Waals surface area contributed by atoms with E-state index in [0.717, 1.165) is 45.2 Å². The second kappa shape index (κ2) is 9.12. The second-order valence-corrected chi connectivity index (χ2v) is 5.15. The predicted octanol–water partition coefficient (Wildman–Crippen LogP) is 0.258. The van der Waals surface area contributed by atoms with Gasteiger partial charge in [0.25, 0.3) is 0 Å². The van der Waals surface area contributed by atoms with Gasteiger partial charge in [0.05, 0.1) is 0 Å². The standard InChI is InChI=1S/C13H29N5O/c1-4-19-10-6-8-15-13(16-14)18-9-5-7-12(18)11-17(2)3/h12H,4-11,14H2,1-3H3,(H,15,16). The van der Waals surface area contributed by atoms with Crippen LogP contribution in [0, 0.1) is 0 Å². The maximum atomic E-state index is 5.62. The molecule has 0 spiro atoms. The summed E-state index contributed by atoms with van der Waals surface area (Å²) >= 11 is 0. The van der Waals surface area contributed by atoms with Gasteiger partial charge in [0.2, 0.25) is 5.96 Å². The van der Waals surface area contributed by atoms with Gasteiger partial charge in [0.1, 0.15) is 0 Å². The number of hydrazine groups is 1. The van der Waals surface area contributed by atoms with Gasteiger partial charge in [0.15, 0.2) is 0 Å². The molecule has 0 aromatic heterocycles. The Bertz CT molecular complexity index is 270. The van der Waals surface area contributed by atoms with Crippen molar-refractivity contribution >= 4 is 5.96 Å². The molecule has 0 aliphatic carbocycles. The van der Waals surface area contributed by atoms with E-state index in [4.69, 9.17) is 10.6 Å². The Kier molecular flexibility index (Phi) is 7.78. The van der Waals surface area contributed by atoms with E-state index in [1.54, 1.807) is 0 Å². The van der Waals surface area contributed by atoms with Crippen LogP contribution in [0.1, 0.15) is 26.2 Å². The number of likely N-dealkylation sites (N-methyl/N-ethyl adjacent to an activating group) is 1. The summed E-state index contributed by atoms with van der Waals surface area (Å²) in [6, 6.07) is 0.511. The smallest absolute Gasteiger partial charge is 0.208 e. The molecule has 0 aromatic rings. The van der Waals surface area contributed by atoms with Crippen molar-refractivity contribution in [3.8, 4) is 0 Å². The summed E-state index contributed by atoms with van der Waals surface area (Å²) in [5.41, 5.74) is 2.75. The van der Waals surface area contributed by atoms with E-state index in [-0.39, 0.29) is 0 Å². The van der Waals surface area contributed by atoms with Crippen LogP contribution in [0.5, 0.6) is 0 Å². The highest BCUT2D eigenvalue weighted by Crippen LogP contribution is 2.17. The number of aliphatic imine (C=N–C) groups is 1. The molecule has 0 bridgehead atoms. The van der Waals surface area contributed by atoms with Crippen LogP contribution in [0.15, 0.2) is 4.99 Å². The lowest BCUT2D eigenvalue weighted by molar-refractivity contribution is 0.146. The lowest BCUT2D eigenvalue weighted by Crippen LogP contribution is -2.49. The first-order chi connectivity index (χ1) is 9.19. The van der Waals surface area contributed by atoms with E-state index in [9.17, 15) is 0 Å². The summed E-state index contributed by atoms with van der Waals surface area (Å²) in [5.74, 6) is 6.44. The van der Waals surface area contributed by atoms with Gasteiger partial charge in [-0.05, 0) is 40.3 Å². The Balaban J connectivity index is 2.45. The number of nitrogens with one attached hydrogen (secondary N) is 1. The molecule has 1 unspecified atom stereocenters. The Morgan fingerprint density at radius 2 is 2.32 bits per heavy atom. The minimum Gasteiger partial charge on any atom is -0.382 e. The highest BCUT2D eigenvalue weighted by molar-refractivity contribution is 5.80. The molecule has 1 heterocycles. The first-order valence-corrected chi connectivity index (χ1v) is 7.19. The van der Waals surface area contributed by atoms with Gasteiger partial charge in [-0.15, -0.1) is 0 Å². The summed E-state index contributed by atoms with van der Waals surface area (Å²) < 4.78 is 5.31. The first kappa shape index (κ1) is 16.2. The minimum absolute atomic E-state index is 0.511. The Morgan fingerprint density at radius 1 is 1.53 bits per heavy atom. The molecule has 1 fully saturated rings. The number of nitrogens with two attached hydrogens (primary N) is 1. The van der Waals surface area contributed by atoms with Crippen molar-refractivity contribution in [1.29, 1.82) is 0 Å². The molecule has 3 N–H and O–H groups in total.